The van der Waals surface area contributed by atoms with Crippen LogP contribution in [0.1, 0.15) is 62.2 Å². The van der Waals surface area contributed by atoms with E-state index in [4.69, 9.17) is 0 Å². The van der Waals surface area contributed by atoms with Gasteiger partial charge in [0.25, 0.3) is 5.91 Å². The number of rotatable bonds is 5. The first kappa shape index (κ1) is 25.6. The van der Waals surface area contributed by atoms with Gasteiger partial charge >= 0.3 is 6.18 Å². The van der Waals surface area contributed by atoms with Crippen LogP contribution in [0.5, 0.6) is 0 Å². The summed E-state index contributed by atoms with van der Waals surface area (Å²) in [4.78, 5) is 18.0. The van der Waals surface area contributed by atoms with Gasteiger partial charge in [-0.25, -0.2) is 0 Å². The van der Waals surface area contributed by atoms with Crippen LogP contribution in [-0.4, -0.2) is 33.6 Å². The van der Waals surface area contributed by atoms with Crippen molar-refractivity contribution in [3.05, 3.63) is 65.5 Å². The zero-order valence-corrected chi connectivity index (χ0v) is 17.0. The second-order valence-electron chi connectivity index (χ2n) is 5.24. The Bertz CT molecular complexity index is 674. The van der Waals surface area contributed by atoms with E-state index in [1.54, 1.807) is 29.4 Å². The zero-order valence-electron chi connectivity index (χ0n) is 17.0. The number of alkyl halides is 3. The first-order chi connectivity index (χ1) is 13.3. The summed E-state index contributed by atoms with van der Waals surface area (Å²) in [5, 5.41) is 9.21. The molecule has 2 rings (SSSR count). The van der Waals surface area contributed by atoms with Crippen LogP contribution >= 0.6 is 0 Å². The lowest BCUT2D eigenvalue weighted by atomic mass is 10.1. The third-order valence-corrected chi connectivity index (χ3v) is 3.58. The van der Waals surface area contributed by atoms with Gasteiger partial charge in [-0.3, -0.25) is 9.78 Å². The Labute approximate surface area is 165 Å². The fraction of sp³-hybridized carbons (Fsp3) is 0.429. The van der Waals surface area contributed by atoms with Crippen molar-refractivity contribution in [3.8, 4) is 0 Å². The quantitative estimate of drug-likeness (QED) is 0.734. The molecule has 2 aromatic rings. The Morgan fingerprint density at radius 3 is 1.96 bits per heavy atom. The van der Waals surface area contributed by atoms with Crippen LogP contribution in [0.15, 0.2) is 48.8 Å². The van der Waals surface area contributed by atoms with Crippen LogP contribution in [0, 0.1) is 0 Å². The molecule has 1 heterocycles. The molecule has 0 saturated carbocycles. The number of nitrogens with zero attached hydrogens (tertiary/aromatic N) is 2. The maximum Gasteiger partial charge on any atom is 0.418 e. The number of aliphatic hydroxyl groups is 1. The standard InChI is InChI=1S/C17H17F3N2O2.2C2H6/c1-2-22(11-12-7-9-21-10-8-12)16(24)14-5-3-13(4-6-14)15(23)17(18,19)20;2*1-2/h3-10,15,23H,2,11H2,1H3;2*1-2H3. The smallest absolute Gasteiger partial charge is 0.379 e. The van der Waals surface area contributed by atoms with Crippen LogP contribution in [-0.2, 0) is 6.54 Å². The number of carbonyl (C=O) groups is 1. The molecule has 0 aliphatic carbocycles. The summed E-state index contributed by atoms with van der Waals surface area (Å²) in [5.74, 6) is -0.289. The van der Waals surface area contributed by atoms with Gasteiger partial charge < -0.3 is 10.0 Å². The van der Waals surface area contributed by atoms with E-state index in [-0.39, 0.29) is 17.0 Å². The van der Waals surface area contributed by atoms with Gasteiger partial charge in [-0.15, -0.1) is 0 Å². The summed E-state index contributed by atoms with van der Waals surface area (Å²) >= 11 is 0. The van der Waals surface area contributed by atoms with Crippen molar-refractivity contribution in [2.24, 2.45) is 0 Å². The zero-order chi connectivity index (χ0) is 21.7. The molecule has 28 heavy (non-hydrogen) atoms. The normalized spacial score (nSPS) is 11.3. The number of pyridine rings is 1. The predicted molar refractivity (Wildman–Crippen MR) is 105 cm³/mol. The highest BCUT2D eigenvalue weighted by Gasteiger charge is 2.39. The van der Waals surface area contributed by atoms with Crippen LogP contribution in [0.4, 0.5) is 13.2 Å². The Balaban J connectivity index is 0.00000171. The molecule has 4 nitrogen and oxygen atoms in total. The molecular formula is C21H29F3N2O2. The second-order valence-corrected chi connectivity index (χ2v) is 5.24. The molecule has 1 atom stereocenters. The van der Waals surface area contributed by atoms with E-state index < -0.39 is 12.3 Å². The number of aliphatic hydroxyl groups excluding tert-OH is 1. The monoisotopic (exact) mass is 398 g/mol. The lowest BCUT2D eigenvalue weighted by molar-refractivity contribution is -0.206. The minimum absolute atomic E-state index is 0.268. The first-order valence-corrected chi connectivity index (χ1v) is 9.36. The summed E-state index contributed by atoms with van der Waals surface area (Å²) in [6.45, 7) is 10.7. The van der Waals surface area contributed by atoms with Crippen LogP contribution in [0.25, 0.3) is 0 Å². The molecule has 0 saturated heterocycles. The van der Waals surface area contributed by atoms with Gasteiger partial charge in [-0.05, 0) is 42.3 Å². The largest absolute Gasteiger partial charge is 0.418 e. The van der Waals surface area contributed by atoms with Crippen LogP contribution < -0.4 is 0 Å². The minimum atomic E-state index is -4.73. The molecule has 0 aliphatic rings. The van der Waals surface area contributed by atoms with Gasteiger partial charge in [0.05, 0.1) is 0 Å². The van der Waals surface area contributed by atoms with Crippen molar-refractivity contribution >= 4 is 5.91 Å². The maximum absolute atomic E-state index is 12.5. The Morgan fingerprint density at radius 1 is 1.04 bits per heavy atom. The molecular weight excluding hydrogens is 369 g/mol. The highest BCUT2D eigenvalue weighted by molar-refractivity contribution is 5.94. The van der Waals surface area contributed by atoms with E-state index >= 15 is 0 Å². The Hall–Kier alpha value is -2.41. The van der Waals surface area contributed by atoms with Crippen molar-refractivity contribution in [1.82, 2.24) is 9.88 Å². The molecule has 156 valence electrons. The fourth-order valence-electron chi connectivity index (χ4n) is 2.22. The number of halogens is 3. The summed E-state index contributed by atoms with van der Waals surface area (Å²) in [6, 6.07) is 8.40. The topological polar surface area (TPSA) is 53.4 Å². The van der Waals surface area contributed by atoms with E-state index in [9.17, 15) is 23.1 Å². The summed E-state index contributed by atoms with van der Waals surface area (Å²) in [5.41, 5.74) is 0.879. The van der Waals surface area contributed by atoms with E-state index in [1.165, 1.54) is 12.1 Å². The summed E-state index contributed by atoms with van der Waals surface area (Å²) in [7, 11) is 0. The second kappa shape index (κ2) is 12.9. The number of hydrogen-bond acceptors (Lipinski definition) is 3. The van der Waals surface area contributed by atoms with E-state index in [0.29, 0.717) is 13.1 Å². The number of amides is 1. The molecule has 1 N–H and O–H groups in total. The Morgan fingerprint density at radius 2 is 1.54 bits per heavy atom. The van der Waals surface area contributed by atoms with Crippen molar-refractivity contribution in [1.29, 1.82) is 0 Å². The van der Waals surface area contributed by atoms with Crippen molar-refractivity contribution in [2.75, 3.05) is 6.54 Å². The van der Waals surface area contributed by atoms with Crippen molar-refractivity contribution < 1.29 is 23.1 Å². The molecule has 7 heteroatoms. The third-order valence-electron chi connectivity index (χ3n) is 3.58. The highest BCUT2D eigenvalue weighted by atomic mass is 19.4. The molecule has 0 radical (unpaired) electrons. The first-order valence-electron chi connectivity index (χ1n) is 9.36. The van der Waals surface area contributed by atoms with Gasteiger partial charge in [-0.2, -0.15) is 13.2 Å². The molecule has 1 unspecified atom stereocenters. The molecule has 0 bridgehead atoms. The number of benzene rings is 1. The molecule has 0 aliphatic heterocycles. The van der Waals surface area contributed by atoms with Crippen LogP contribution in [0.3, 0.4) is 0 Å². The van der Waals surface area contributed by atoms with Gasteiger partial charge in [0.15, 0.2) is 6.10 Å². The summed E-state index contributed by atoms with van der Waals surface area (Å²) < 4.78 is 37.5. The summed E-state index contributed by atoms with van der Waals surface area (Å²) in [6.07, 6.45) is -4.04. The average molecular weight is 398 g/mol. The number of hydrogen-bond donors (Lipinski definition) is 1. The van der Waals surface area contributed by atoms with E-state index in [2.05, 4.69) is 4.98 Å². The molecule has 1 amide bonds. The van der Waals surface area contributed by atoms with Gasteiger partial charge in [0, 0.05) is 31.0 Å². The lowest BCUT2D eigenvalue weighted by Crippen LogP contribution is -2.30. The minimum Gasteiger partial charge on any atom is -0.379 e. The van der Waals surface area contributed by atoms with Crippen molar-refractivity contribution in [3.63, 3.8) is 0 Å². The molecule has 0 spiro atoms. The third kappa shape index (κ3) is 7.68. The highest BCUT2D eigenvalue weighted by Crippen LogP contribution is 2.32. The molecule has 1 aromatic carbocycles. The Kier molecular flexibility index (Phi) is 11.8. The molecule has 1 aromatic heterocycles. The van der Waals surface area contributed by atoms with E-state index in [0.717, 1.165) is 17.7 Å². The average Bonchev–Trinajstić information content (AvgIpc) is 2.74. The lowest BCUT2D eigenvalue weighted by Gasteiger charge is -2.21. The number of carbonyl (C=O) groups excluding carboxylic acids is 1. The van der Waals surface area contributed by atoms with Crippen molar-refractivity contribution in [2.45, 2.75) is 53.4 Å². The van der Waals surface area contributed by atoms with E-state index in [1.807, 2.05) is 34.6 Å². The fourth-order valence-corrected chi connectivity index (χ4v) is 2.22. The molecule has 0 fully saturated rings. The van der Waals surface area contributed by atoms with Gasteiger partial charge in [-0.1, -0.05) is 39.8 Å². The van der Waals surface area contributed by atoms with Gasteiger partial charge in [0.2, 0.25) is 0 Å². The van der Waals surface area contributed by atoms with Crippen LogP contribution in [0.2, 0.25) is 0 Å². The predicted octanol–water partition coefficient (Wildman–Crippen LogP) is 5.39. The SMILES string of the molecule is CC.CC.CCN(Cc1ccncc1)C(=O)c1ccc(C(O)C(F)(F)F)cc1. The number of aromatic nitrogens is 1. The van der Waals surface area contributed by atoms with Gasteiger partial charge in [0.1, 0.15) is 0 Å². The maximum atomic E-state index is 12.5.